The molecule has 53 heavy (non-hydrogen) atoms. The fourth-order valence-electron chi connectivity index (χ4n) is 7.00. The highest BCUT2D eigenvalue weighted by molar-refractivity contribution is 5.94. The van der Waals surface area contributed by atoms with E-state index in [9.17, 15) is 38.8 Å². The maximum Gasteiger partial charge on any atom is 0.340 e. The number of aliphatic carboxylic acids is 1. The molecule has 0 spiro atoms. The Morgan fingerprint density at radius 1 is 0.811 bits per heavy atom. The van der Waals surface area contributed by atoms with Crippen molar-refractivity contribution in [3.8, 4) is 17.1 Å². The molecule has 1 saturated carbocycles. The lowest BCUT2D eigenvalue weighted by molar-refractivity contribution is -0.278. The molecule has 0 radical (unpaired) electrons. The maximum atomic E-state index is 16.2. The summed E-state index contributed by atoms with van der Waals surface area (Å²) in [5, 5.41) is 39.7. The Bertz CT molecular complexity index is 2110. The molecule has 11 nitrogen and oxygen atoms in total. The Balaban J connectivity index is 1.21. The molecule has 4 aromatic carbocycles. The van der Waals surface area contributed by atoms with Crippen LogP contribution in [0, 0.1) is 17.5 Å². The van der Waals surface area contributed by atoms with Crippen LogP contribution in [0.1, 0.15) is 65.7 Å². The summed E-state index contributed by atoms with van der Waals surface area (Å²) < 4.78 is 63.1. The van der Waals surface area contributed by atoms with E-state index < -0.39 is 66.2 Å². The summed E-state index contributed by atoms with van der Waals surface area (Å²) >= 11 is 0. The Morgan fingerprint density at radius 3 is 2.11 bits per heavy atom. The SMILES string of the molecule is O=C(O[C@@H]1OC(C(=O)O)[C@H](O)[C@H](O)[C@@H]1O)c1ccc2c(c1)nc(-c1ccc(OC(c3cccc(F)c3)c3cccc(F)c3)cc1F)n2C1CCCCC1. The van der Waals surface area contributed by atoms with Crippen LogP contribution in [-0.2, 0) is 14.3 Å². The Kier molecular flexibility index (Phi) is 10.2. The molecule has 7 rings (SSSR count). The van der Waals surface area contributed by atoms with Gasteiger partial charge in [0.2, 0.25) is 6.29 Å². The normalized spacial score (nSPS) is 22.2. The number of carbonyl (C=O) groups is 2. The number of carboxylic acids is 1. The molecule has 276 valence electrons. The van der Waals surface area contributed by atoms with Gasteiger partial charge in [-0.25, -0.2) is 27.7 Å². The van der Waals surface area contributed by atoms with Crippen LogP contribution in [-0.4, -0.2) is 72.6 Å². The van der Waals surface area contributed by atoms with E-state index in [2.05, 4.69) is 0 Å². The van der Waals surface area contributed by atoms with Crippen molar-refractivity contribution in [2.45, 2.75) is 75.0 Å². The molecule has 0 bridgehead atoms. The first kappa shape index (κ1) is 36.1. The first-order chi connectivity index (χ1) is 25.5. The van der Waals surface area contributed by atoms with Crippen LogP contribution in [0.3, 0.4) is 0 Å². The van der Waals surface area contributed by atoms with Gasteiger partial charge in [0, 0.05) is 12.1 Å². The van der Waals surface area contributed by atoms with Gasteiger partial charge in [-0.3, -0.25) is 0 Å². The highest BCUT2D eigenvalue weighted by Crippen LogP contribution is 2.39. The number of aromatic nitrogens is 2. The van der Waals surface area contributed by atoms with E-state index >= 15 is 4.39 Å². The van der Waals surface area contributed by atoms with Gasteiger partial charge in [-0.15, -0.1) is 0 Å². The van der Waals surface area contributed by atoms with Crippen LogP contribution in [0.25, 0.3) is 22.4 Å². The number of esters is 1. The standard InChI is InChI=1S/C39H35F3N2O9/c40-23-8-4-6-20(16-23)34(21-7-5-9-24(41)17-21)51-26-13-14-27(28(42)19-26)36-43-29-18-22(12-15-30(29)44(36)25-10-2-1-3-11-25)38(50)53-39-33(47)31(45)32(46)35(52-39)37(48)49/h4-9,12-19,25,31-35,39,45-47H,1-3,10-11H2,(H,48,49)/t31-,32+,33-,35?,39-/m0/s1. The molecular formula is C39H35F3N2O9. The number of aliphatic hydroxyl groups is 3. The van der Waals surface area contributed by atoms with Crippen LogP contribution < -0.4 is 4.74 Å². The number of rotatable bonds is 9. The zero-order valence-corrected chi connectivity index (χ0v) is 28.0. The second kappa shape index (κ2) is 15.0. The minimum Gasteiger partial charge on any atom is -0.481 e. The number of nitrogens with zero attached hydrogens (tertiary/aromatic N) is 2. The topological polar surface area (TPSA) is 161 Å². The largest absolute Gasteiger partial charge is 0.481 e. The average molecular weight is 733 g/mol. The Labute approximate surface area is 300 Å². The van der Waals surface area contributed by atoms with Gasteiger partial charge in [0.25, 0.3) is 0 Å². The highest BCUT2D eigenvalue weighted by atomic mass is 19.1. The highest BCUT2D eigenvalue weighted by Gasteiger charge is 2.48. The van der Waals surface area contributed by atoms with Crippen molar-refractivity contribution in [1.29, 1.82) is 0 Å². The average Bonchev–Trinajstić information content (AvgIpc) is 3.52. The lowest BCUT2D eigenvalue weighted by Crippen LogP contribution is -2.60. The number of carbonyl (C=O) groups excluding carboxylic acids is 1. The van der Waals surface area contributed by atoms with Crippen LogP contribution >= 0.6 is 0 Å². The monoisotopic (exact) mass is 732 g/mol. The fraction of sp³-hybridized carbons (Fsp3) is 0.308. The molecule has 5 aromatic rings. The van der Waals surface area contributed by atoms with E-state index in [1.165, 1.54) is 60.7 Å². The third kappa shape index (κ3) is 7.35. The number of hydrogen-bond donors (Lipinski definition) is 4. The predicted octanol–water partition coefficient (Wildman–Crippen LogP) is 5.84. The molecule has 2 aliphatic rings. The summed E-state index contributed by atoms with van der Waals surface area (Å²) in [6, 6.07) is 20.0. The van der Waals surface area contributed by atoms with Crippen molar-refractivity contribution in [3.05, 3.63) is 119 Å². The van der Waals surface area contributed by atoms with E-state index in [-0.39, 0.29) is 22.9 Å². The van der Waals surface area contributed by atoms with Gasteiger partial charge in [-0.2, -0.15) is 0 Å². The minimum atomic E-state index is -1.96. The van der Waals surface area contributed by atoms with Gasteiger partial charge in [-0.05, 0) is 78.6 Å². The summed E-state index contributed by atoms with van der Waals surface area (Å²) in [5.74, 6) is -3.97. The summed E-state index contributed by atoms with van der Waals surface area (Å²) in [5.41, 5.74) is 1.81. The van der Waals surface area contributed by atoms with Gasteiger partial charge >= 0.3 is 11.9 Å². The van der Waals surface area contributed by atoms with Crippen molar-refractivity contribution in [2.75, 3.05) is 0 Å². The number of halogens is 3. The minimum absolute atomic E-state index is 0.0335. The first-order valence-electron chi connectivity index (χ1n) is 17.1. The summed E-state index contributed by atoms with van der Waals surface area (Å²) in [6.07, 6.45) is -6.09. The molecule has 1 saturated heterocycles. The van der Waals surface area contributed by atoms with Crippen molar-refractivity contribution in [2.24, 2.45) is 0 Å². The van der Waals surface area contributed by atoms with E-state index in [4.69, 9.17) is 19.2 Å². The van der Waals surface area contributed by atoms with E-state index in [0.29, 0.717) is 28.0 Å². The molecular weight excluding hydrogens is 697 g/mol. The van der Waals surface area contributed by atoms with Gasteiger partial charge < -0.3 is 39.2 Å². The van der Waals surface area contributed by atoms with E-state index in [1.54, 1.807) is 24.3 Å². The number of aliphatic hydroxyl groups excluding tert-OH is 3. The second-order valence-electron chi connectivity index (χ2n) is 13.2. The van der Waals surface area contributed by atoms with Gasteiger partial charge in [0.15, 0.2) is 6.10 Å². The molecule has 4 N–H and O–H groups in total. The van der Waals surface area contributed by atoms with Gasteiger partial charge in [-0.1, -0.05) is 43.5 Å². The zero-order chi connectivity index (χ0) is 37.4. The van der Waals surface area contributed by atoms with E-state index in [0.717, 1.165) is 32.1 Å². The third-order valence-electron chi connectivity index (χ3n) is 9.64. The molecule has 0 amide bonds. The van der Waals surface area contributed by atoms with Gasteiger partial charge in [0.05, 0.1) is 22.2 Å². The van der Waals surface area contributed by atoms with Crippen molar-refractivity contribution >= 4 is 23.0 Å². The van der Waals surface area contributed by atoms with Crippen LogP contribution in [0.5, 0.6) is 5.75 Å². The fourth-order valence-corrected chi connectivity index (χ4v) is 7.00. The molecule has 14 heteroatoms. The third-order valence-corrected chi connectivity index (χ3v) is 9.64. The number of carboxylic acid groups (broad SMARTS) is 1. The zero-order valence-electron chi connectivity index (χ0n) is 28.0. The quantitative estimate of drug-likeness (QED) is 0.136. The van der Waals surface area contributed by atoms with Crippen molar-refractivity contribution in [3.63, 3.8) is 0 Å². The molecule has 5 atom stereocenters. The first-order valence-corrected chi connectivity index (χ1v) is 17.1. The number of imidazole rings is 1. The summed E-state index contributed by atoms with van der Waals surface area (Å²) in [4.78, 5) is 29.4. The number of benzene rings is 4. The second-order valence-corrected chi connectivity index (χ2v) is 13.2. The molecule has 1 aromatic heterocycles. The van der Waals surface area contributed by atoms with E-state index in [1.807, 2.05) is 4.57 Å². The van der Waals surface area contributed by atoms with Crippen LogP contribution in [0.15, 0.2) is 84.9 Å². The van der Waals surface area contributed by atoms with Crippen molar-refractivity contribution in [1.82, 2.24) is 9.55 Å². The predicted molar refractivity (Wildman–Crippen MR) is 182 cm³/mol. The lowest BCUT2D eigenvalue weighted by Gasteiger charge is -2.37. The molecule has 1 aliphatic carbocycles. The van der Waals surface area contributed by atoms with Crippen LogP contribution in [0.4, 0.5) is 13.2 Å². The molecule has 2 fully saturated rings. The smallest absolute Gasteiger partial charge is 0.340 e. The Hall–Kier alpha value is -5.28. The molecule has 2 heterocycles. The van der Waals surface area contributed by atoms with Crippen molar-refractivity contribution < 1.29 is 57.4 Å². The number of fused-ring (bicyclic) bond motifs is 1. The molecule has 1 unspecified atom stereocenters. The molecule has 1 aliphatic heterocycles. The van der Waals surface area contributed by atoms with Gasteiger partial charge in [0.1, 0.15) is 53.4 Å². The summed E-state index contributed by atoms with van der Waals surface area (Å²) in [7, 11) is 0. The maximum absolute atomic E-state index is 16.2. The number of hydrogen-bond acceptors (Lipinski definition) is 9. The summed E-state index contributed by atoms with van der Waals surface area (Å²) in [6.45, 7) is 0. The lowest BCUT2D eigenvalue weighted by atomic mass is 9.94. The van der Waals surface area contributed by atoms with Crippen LogP contribution in [0.2, 0.25) is 0 Å². The Morgan fingerprint density at radius 2 is 1.49 bits per heavy atom. The number of ether oxygens (including phenoxy) is 3.